The molecule has 108 valence electrons. The van der Waals surface area contributed by atoms with Gasteiger partial charge in [-0.2, -0.15) is 5.10 Å². The minimum atomic E-state index is -3.66. The van der Waals surface area contributed by atoms with E-state index < -0.39 is 16.0 Å². The lowest BCUT2D eigenvalue weighted by Gasteiger charge is -2.06. The van der Waals surface area contributed by atoms with E-state index in [1.165, 1.54) is 4.68 Å². The molecule has 1 aromatic rings. The van der Waals surface area contributed by atoms with Crippen molar-refractivity contribution in [2.75, 3.05) is 13.1 Å². The molecule has 9 heteroatoms. The van der Waals surface area contributed by atoms with Crippen molar-refractivity contribution in [2.24, 2.45) is 5.73 Å². The van der Waals surface area contributed by atoms with Crippen molar-refractivity contribution in [1.82, 2.24) is 14.5 Å². The number of sulfonamides is 1. The Morgan fingerprint density at radius 3 is 2.63 bits per heavy atom. The quantitative estimate of drug-likeness (QED) is 0.604. The monoisotopic (exact) mass is 290 g/mol. The number of aliphatic carboxylic acids is 1. The van der Waals surface area contributed by atoms with Crippen LogP contribution in [0.1, 0.15) is 17.8 Å². The van der Waals surface area contributed by atoms with Crippen LogP contribution in [0.5, 0.6) is 0 Å². The summed E-state index contributed by atoms with van der Waals surface area (Å²) in [6, 6.07) is 0. The number of carbonyl (C=O) groups is 1. The maximum Gasteiger partial charge on any atom is 0.305 e. The summed E-state index contributed by atoms with van der Waals surface area (Å²) in [6.45, 7) is 3.64. The number of nitrogens with one attached hydrogen (secondary N) is 1. The number of nitrogens with two attached hydrogens (primary N) is 1. The van der Waals surface area contributed by atoms with Crippen LogP contribution in [-0.2, 0) is 21.4 Å². The Kier molecular flexibility index (Phi) is 5.04. The predicted molar refractivity (Wildman–Crippen MR) is 68.2 cm³/mol. The first kappa shape index (κ1) is 15.6. The third-order valence-electron chi connectivity index (χ3n) is 2.56. The van der Waals surface area contributed by atoms with Gasteiger partial charge in [-0.25, -0.2) is 13.1 Å². The SMILES string of the molecule is Cc1nn(CCC(=O)O)c(C)c1S(=O)(=O)NCCN. The van der Waals surface area contributed by atoms with Crippen LogP contribution in [0.4, 0.5) is 0 Å². The topological polar surface area (TPSA) is 127 Å². The van der Waals surface area contributed by atoms with Gasteiger partial charge in [0.2, 0.25) is 10.0 Å². The van der Waals surface area contributed by atoms with Crippen molar-refractivity contribution in [3.05, 3.63) is 11.4 Å². The number of hydrogen-bond donors (Lipinski definition) is 3. The van der Waals surface area contributed by atoms with Crippen molar-refractivity contribution in [3.8, 4) is 0 Å². The van der Waals surface area contributed by atoms with Gasteiger partial charge in [0, 0.05) is 13.1 Å². The molecule has 4 N–H and O–H groups in total. The molecular weight excluding hydrogens is 272 g/mol. The second kappa shape index (κ2) is 6.13. The van der Waals surface area contributed by atoms with Crippen LogP contribution in [0.15, 0.2) is 4.90 Å². The lowest BCUT2D eigenvalue weighted by atomic mass is 10.4. The molecule has 0 spiro atoms. The number of rotatable bonds is 7. The van der Waals surface area contributed by atoms with Gasteiger partial charge in [-0.3, -0.25) is 9.48 Å². The van der Waals surface area contributed by atoms with E-state index >= 15 is 0 Å². The highest BCUT2D eigenvalue weighted by molar-refractivity contribution is 7.89. The van der Waals surface area contributed by atoms with Crippen LogP contribution in [-0.4, -0.2) is 42.4 Å². The maximum absolute atomic E-state index is 12.0. The Balaban J connectivity index is 3.06. The zero-order chi connectivity index (χ0) is 14.6. The first-order chi connectivity index (χ1) is 8.79. The molecule has 0 aliphatic rings. The molecule has 0 amide bonds. The first-order valence-electron chi connectivity index (χ1n) is 5.75. The molecule has 0 bridgehead atoms. The smallest absolute Gasteiger partial charge is 0.305 e. The summed E-state index contributed by atoms with van der Waals surface area (Å²) in [5.74, 6) is -0.960. The summed E-state index contributed by atoms with van der Waals surface area (Å²) in [7, 11) is -3.66. The van der Waals surface area contributed by atoms with Crippen LogP contribution in [0.25, 0.3) is 0 Å². The number of carboxylic acid groups (broad SMARTS) is 1. The van der Waals surface area contributed by atoms with Gasteiger partial charge in [0.15, 0.2) is 0 Å². The average Bonchev–Trinajstić information content (AvgIpc) is 2.59. The Labute approximate surface area is 111 Å². The standard InChI is InChI=1S/C10H18N4O4S/c1-7-10(19(17,18)12-5-4-11)8(2)14(13-7)6-3-9(15)16/h12H,3-6,11H2,1-2H3,(H,15,16). The Morgan fingerprint density at radius 2 is 2.11 bits per heavy atom. The third kappa shape index (κ3) is 3.75. The summed E-state index contributed by atoms with van der Waals surface area (Å²) < 4.78 is 27.8. The van der Waals surface area contributed by atoms with E-state index in [2.05, 4.69) is 9.82 Å². The Bertz CT molecular complexity index is 564. The summed E-state index contributed by atoms with van der Waals surface area (Å²) in [5, 5.41) is 12.7. The van der Waals surface area contributed by atoms with Crippen LogP contribution < -0.4 is 10.5 Å². The predicted octanol–water partition coefficient (Wildman–Crippen LogP) is -0.788. The van der Waals surface area contributed by atoms with E-state index in [9.17, 15) is 13.2 Å². The number of carboxylic acids is 1. The number of aryl methyl sites for hydroxylation is 2. The third-order valence-corrected chi connectivity index (χ3v) is 4.27. The molecule has 0 aliphatic carbocycles. The maximum atomic E-state index is 12.0. The fourth-order valence-corrected chi connectivity index (χ4v) is 3.21. The van der Waals surface area contributed by atoms with E-state index in [0.29, 0.717) is 11.4 Å². The van der Waals surface area contributed by atoms with Crippen LogP contribution >= 0.6 is 0 Å². The molecule has 0 aromatic carbocycles. The van der Waals surface area contributed by atoms with Gasteiger partial charge in [-0.05, 0) is 13.8 Å². The molecule has 0 radical (unpaired) electrons. The Hall–Kier alpha value is -1.45. The van der Waals surface area contributed by atoms with Crippen LogP contribution in [0.2, 0.25) is 0 Å². The zero-order valence-corrected chi connectivity index (χ0v) is 11.7. The normalized spacial score (nSPS) is 11.7. The van der Waals surface area contributed by atoms with E-state index in [1.54, 1.807) is 13.8 Å². The van der Waals surface area contributed by atoms with Crippen LogP contribution in [0.3, 0.4) is 0 Å². The molecule has 0 saturated heterocycles. The summed E-state index contributed by atoms with van der Waals surface area (Å²) in [6.07, 6.45) is -0.113. The van der Waals surface area contributed by atoms with Gasteiger partial charge in [-0.1, -0.05) is 0 Å². The molecule has 0 aliphatic heterocycles. The molecular formula is C10H18N4O4S. The van der Waals surface area contributed by atoms with Gasteiger partial charge in [-0.15, -0.1) is 0 Å². The second-order valence-corrected chi connectivity index (χ2v) is 5.76. The van der Waals surface area contributed by atoms with E-state index in [0.717, 1.165) is 0 Å². The van der Waals surface area contributed by atoms with Gasteiger partial charge >= 0.3 is 5.97 Å². The van der Waals surface area contributed by atoms with Crippen molar-refractivity contribution in [1.29, 1.82) is 0 Å². The van der Waals surface area contributed by atoms with Crippen molar-refractivity contribution >= 4 is 16.0 Å². The fraction of sp³-hybridized carbons (Fsp3) is 0.600. The highest BCUT2D eigenvalue weighted by Crippen LogP contribution is 2.19. The minimum Gasteiger partial charge on any atom is -0.481 e. The van der Waals surface area contributed by atoms with Crippen LogP contribution in [0, 0.1) is 13.8 Å². The van der Waals surface area contributed by atoms with Crippen molar-refractivity contribution in [3.63, 3.8) is 0 Å². The average molecular weight is 290 g/mol. The molecule has 0 unspecified atom stereocenters. The number of aromatic nitrogens is 2. The van der Waals surface area contributed by atoms with Gasteiger partial charge in [0.1, 0.15) is 4.90 Å². The van der Waals surface area contributed by atoms with E-state index in [1.807, 2.05) is 0 Å². The van der Waals surface area contributed by atoms with E-state index in [4.69, 9.17) is 10.8 Å². The number of nitrogens with zero attached hydrogens (tertiary/aromatic N) is 2. The molecule has 0 atom stereocenters. The number of hydrogen-bond acceptors (Lipinski definition) is 5. The summed E-state index contributed by atoms with van der Waals surface area (Å²) in [5.41, 5.74) is 6.02. The fourth-order valence-electron chi connectivity index (χ4n) is 1.75. The van der Waals surface area contributed by atoms with E-state index in [-0.39, 0.29) is 31.0 Å². The minimum absolute atomic E-state index is 0.0892. The largest absolute Gasteiger partial charge is 0.481 e. The lowest BCUT2D eigenvalue weighted by molar-refractivity contribution is -0.137. The summed E-state index contributed by atoms with van der Waals surface area (Å²) >= 11 is 0. The highest BCUT2D eigenvalue weighted by Gasteiger charge is 2.24. The molecule has 0 saturated carbocycles. The summed E-state index contributed by atoms with van der Waals surface area (Å²) in [4.78, 5) is 10.6. The molecule has 1 rings (SSSR count). The lowest BCUT2D eigenvalue weighted by Crippen LogP contribution is -2.29. The van der Waals surface area contributed by atoms with Crippen molar-refractivity contribution < 1.29 is 18.3 Å². The molecule has 1 heterocycles. The van der Waals surface area contributed by atoms with Gasteiger partial charge < -0.3 is 10.8 Å². The molecule has 19 heavy (non-hydrogen) atoms. The molecule has 0 fully saturated rings. The second-order valence-electron chi connectivity index (χ2n) is 4.05. The van der Waals surface area contributed by atoms with Gasteiger partial charge in [0.05, 0.1) is 24.4 Å². The molecule has 1 aromatic heterocycles. The Morgan fingerprint density at radius 1 is 1.47 bits per heavy atom. The highest BCUT2D eigenvalue weighted by atomic mass is 32.2. The molecule has 8 nitrogen and oxygen atoms in total. The van der Waals surface area contributed by atoms with Gasteiger partial charge in [0.25, 0.3) is 0 Å². The van der Waals surface area contributed by atoms with Crippen molar-refractivity contribution in [2.45, 2.75) is 31.7 Å². The zero-order valence-electron chi connectivity index (χ0n) is 10.9. The first-order valence-corrected chi connectivity index (χ1v) is 7.23.